The van der Waals surface area contributed by atoms with E-state index in [9.17, 15) is 0 Å². The second-order valence-electron chi connectivity index (χ2n) is 2.50. The highest BCUT2D eigenvalue weighted by Crippen LogP contribution is 2.18. The predicted molar refractivity (Wildman–Crippen MR) is 61.3 cm³/mol. The van der Waals surface area contributed by atoms with Gasteiger partial charge in [0.25, 0.3) is 0 Å². The number of rotatable bonds is 2. The summed E-state index contributed by atoms with van der Waals surface area (Å²) in [5, 5.41) is 12.6. The highest BCUT2D eigenvalue weighted by molar-refractivity contribution is 7.80. The monoisotopic (exact) mass is 224 g/mol. The van der Waals surface area contributed by atoms with Gasteiger partial charge in [-0.05, 0) is 30.8 Å². The van der Waals surface area contributed by atoms with Gasteiger partial charge in [-0.2, -0.15) is 10.4 Å². The van der Waals surface area contributed by atoms with Crippen molar-refractivity contribution in [1.29, 1.82) is 5.26 Å². The molecule has 0 saturated heterocycles. The molecule has 0 aliphatic heterocycles. The van der Waals surface area contributed by atoms with Crippen LogP contribution in [0.1, 0.15) is 15.3 Å². The molecule has 1 aromatic rings. The van der Waals surface area contributed by atoms with E-state index in [1.165, 1.54) is 11.3 Å². The molecule has 0 aliphatic rings. The second-order valence-corrected chi connectivity index (χ2v) is 4.03. The molecule has 0 amide bonds. The van der Waals surface area contributed by atoms with Gasteiger partial charge in [0.1, 0.15) is 10.9 Å². The quantitative estimate of drug-likeness (QED) is 0.448. The molecule has 0 radical (unpaired) electrons. The van der Waals surface area contributed by atoms with Crippen LogP contribution in [0.25, 0.3) is 0 Å². The van der Waals surface area contributed by atoms with Crippen LogP contribution in [0.3, 0.4) is 0 Å². The fourth-order valence-corrected chi connectivity index (χ4v) is 1.73. The maximum atomic E-state index is 8.65. The molecule has 14 heavy (non-hydrogen) atoms. The average Bonchev–Trinajstić information content (AvgIpc) is 2.47. The number of hydrogen-bond acceptors (Lipinski definition) is 4. The van der Waals surface area contributed by atoms with Gasteiger partial charge >= 0.3 is 0 Å². The molecule has 1 heterocycles. The van der Waals surface area contributed by atoms with E-state index in [2.05, 4.69) is 28.8 Å². The zero-order valence-corrected chi connectivity index (χ0v) is 9.08. The summed E-state index contributed by atoms with van der Waals surface area (Å²) in [6.45, 7) is 1.92. The number of thiophene rings is 1. The topological polar surface area (TPSA) is 74.2 Å². The van der Waals surface area contributed by atoms with E-state index in [-0.39, 0.29) is 5.11 Å². The molecule has 3 N–H and O–H groups in total. The first kappa shape index (κ1) is 10.6. The van der Waals surface area contributed by atoms with E-state index in [0.29, 0.717) is 4.88 Å². The molecule has 0 saturated carbocycles. The number of hydrazone groups is 1. The minimum atomic E-state index is 0.121. The van der Waals surface area contributed by atoms with E-state index in [1.54, 1.807) is 6.21 Å². The number of thiocarbonyl (C=S) groups is 1. The number of nitrogens with one attached hydrogen (secondary N) is 1. The van der Waals surface area contributed by atoms with Gasteiger partial charge < -0.3 is 5.73 Å². The number of nitriles is 1. The van der Waals surface area contributed by atoms with Crippen LogP contribution in [0.4, 0.5) is 0 Å². The van der Waals surface area contributed by atoms with Crippen molar-refractivity contribution in [3.8, 4) is 6.07 Å². The lowest BCUT2D eigenvalue weighted by atomic mass is 10.3. The first-order valence-electron chi connectivity index (χ1n) is 3.72. The molecule has 0 spiro atoms. The number of aryl methyl sites for hydroxylation is 1. The minimum Gasteiger partial charge on any atom is -0.375 e. The van der Waals surface area contributed by atoms with Gasteiger partial charge in [-0.15, -0.1) is 11.3 Å². The second kappa shape index (κ2) is 4.69. The highest BCUT2D eigenvalue weighted by atomic mass is 32.1. The standard InChI is InChI=1S/C8H8N4S2/c1-5-2-6(3-9)14-7(5)4-11-12-8(10)13/h2,4H,1H3,(H3,10,12,13)/b11-4+. The van der Waals surface area contributed by atoms with Gasteiger partial charge in [0.15, 0.2) is 5.11 Å². The van der Waals surface area contributed by atoms with Crippen LogP contribution in [-0.4, -0.2) is 11.3 Å². The van der Waals surface area contributed by atoms with E-state index >= 15 is 0 Å². The molecule has 0 aliphatic carbocycles. The van der Waals surface area contributed by atoms with Crippen molar-refractivity contribution >= 4 is 34.9 Å². The van der Waals surface area contributed by atoms with Crippen LogP contribution in [0.5, 0.6) is 0 Å². The van der Waals surface area contributed by atoms with E-state index in [0.717, 1.165) is 10.4 Å². The van der Waals surface area contributed by atoms with E-state index in [4.69, 9.17) is 11.0 Å². The van der Waals surface area contributed by atoms with Gasteiger partial charge in [-0.3, -0.25) is 5.43 Å². The summed E-state index contributed by atoms with van der Waals surface area (Å²) in [5.74, 6) is 0. The minimum absolute atomic E-state index is 0.121. The number of hydrogen-bond donors (Lipinski definition) is 2. The van der Waals surface area contributed by atoms with Crippen molar-refractivity contribution in [3.05, 3.63) is 21.4 Å². The van der Waals surface area contributed by atoms with Crippen molar-refractivity contribution in [1.82, 2.24) is 5.43 Å². The van der Waals surface area contributed by atoms with Crippen molar-refractivity contribution in [3.63, 3.8) is 0 Å². The van der Waals surface area contributed by atoms with Crippen LogP contribution >= 0.6 is 23.6 Å². The Morgan fingerprint density at radius 3 is 3.07 bits per heavy atom. The Hall–Kier alpha value is -1.45. The van der Waals surface area contributed by atoms with Crippen LogP contribution in [0.15, 0.2) is 11.2 Å². The van der Waals surface area contributed by atoms with Gasteiger partial charge in [0.05, 0.1) is 11.1 Å². The molecule has 1 rings (SSSR count). The first-order valence-corrected chi connectivity index (χ1v) is 4.95. The molecule has 72 valence electrons. The Bertz CT molecular complexity index is 413. The third-order valence-electron chi connectivity index (χ3n) is 1.42. The fraction of sp³-hybridized carbons (Fsp3) is 0.125. The smallest absolute Gasteiger partial charge is 0.184 e. The third-order valence-corrected chi connectivity index (χ3v) is 2.59. The van der Waals surface area contributed by atoms with Gasteiger partial charge in [-0.1, -0.05) is 0 Å². The Balaban J connectivity index is 2.77. The van der Waals surface area contributed by atoms with Crippen molar-refractivity contribution in [2.45, 2.75) is 6.92 Å². The molecule has 0 atom stereocenters. The lowest BCUT2D eigenvalue weighted by Gasteiger charge is -1.92. The van der Waals surface area contributed by atoms with E-state index < -0.39 is 0 Å². The summed E-state index contributed by atoms with van der Waals surface area (Å²) >= 11 is 5.95. The first-order chi connectivity index (χ1) is 6.63. The molecule has 0 fully saturated rings. The third kappa shape index (κ3) is 2.80. The average molecular weight is 224 g/mol. The summed E-state index contributed by atoms with van der Waals surface area (Å²) in [7, 11) is 0. The van der Waals surface area contributed by atoms with Gasteiger partial charge in [-0.25, -0.2) is 0 Å². The van der Waals surface area contributed by atoms with Crippen LogP contribution in [-0.2, 0) is 0 Å². The summed E-state index contributed by atoms with van der Waals surface area (Å²) in [4.78, 5) is 1.59. The fourth-order valence-electron chi connectivity index (χ4n) is 0.834. The molecule has 6 heteroatoms. The van der Waals surface area contributed by atoms with Crippen molar-refractivity contribution in [2.24, 2.45) is 10.8 Å². The van der Waals surface area contributed by atoms with Crippen LogP contribution in [0, 0.1) is 18.3 Å². The Morgan fingerprint density at radius 1 is 1.86 bits per heavy atom. The van der Waals surface area contributed by atoms with Crippen LogP contribution in [0.2, 0.25) is 0 Å². The summed E-state index contributed by atoms with van der Waals surface area (Å²) in [6, 6.07) is 3.89. The van der Waals surface area contributed by atoms with Crippen molar-refractivity contribution in [2.75, 3.05) is 0 Å². The molecule has 4 nitrogen and oxygen atoms in total. The molecule has 1 aromatic heterocycles. The lowest BCUT2D eigenvalue weighted by Crippen LogP contribution is -2.23. The largest absolute Gasteiger partial charge is 0.375 e. The zero-order valence-electron chi connectivity index (χ0n) is 7.44. The maximum Gasteiger partial charge on any atom is 0.184 e. The Labute approximate surface area is 91.0 Å². The SMILES string of the molecule is Cc1cc(C#N)sc1/C=N/NC(N)=S. The van der Waals surface area contributed by atoms with Gasteiger partial charge in [0.2, 0.25) is 0 Å². The Kier molecular flexibility index (Phi) is 3.56. The van der Waals surface area contributed by atoms with E-state index in [1.807, 2.05) is 13.0 Å². The highest BCUT2D eigenvalue weighted by Gasteiger charge is 2.01. The summed E-state index contributed by atoms with van der Waals surface area (Å²) < 4.78 is 0. The lowest BCUT2D eigenvalue weighted by molar-refractivity contribution is 1.04. The molecule has 0 aromatic carbocycles. The summed E-state index contributed by atoms with van der Waals surface area (Å²) in [5.41, 5.74) is 8.65. The normalized spacial score (nSPS) is 10.0. The molecule has 0 unspecified atom stereocenters. The maximum absolute atomic E-state index is 8.65. The van der Waals surface area contributed by atoms with Gasteiger partial charge in [0, 0.05) is 0 Å². The predicted octanol–water partition coefficient (Wildman–Crippen LogP) is 1.10. The summed E-state index contributed by atoms with van der Waals surface area (Å²) in [6.07, 6.45) is 1.60. The Morgan fingerprint density at radius 2 is 2.57 bits per heavy atom. The van der Waals surface area contributed by atoms with Crippen molar-refractivity contribution < 1.29 is 0 Å². The number of nitrogens with zero attached hydrogens (tertiary/aromatic N) is 2. The molecule has 0 bridgehead atoms. The molecular formula is C8H8N4S2. The molecular weight excluding hydrogens is 216 g/mol. The van der Waals surface area contributed by atoms with Crippen LogP contribution < -0.4 is 11.2 Å². The zero-order chi connectivity index (χ0) is 10.6. The number of nitrogens with two attached hydrogens (primary N) is 1.